The van der Waals surface area contributed by atoms with E-state index in [1.54, 1.807) is 0 Å². The Balaban J connectivity index is 1.92. The minimum absolute atomic E-state index is 0.244. The Bertz CT molecular complexity index is 242. The SMILES string of the molecule is CC(C)CN(C(=O)C1CCCNC1)C1CC1. The molecule has 2 rings (SSSR count). The van der Waals surface area contributed by atoms with Crippen LogP contribution >= 0.6 is 0 Å². The fourth-order valence-corrected chi connectivity index (χ4v) is 2.50. The predicted octanol–water partition coefficient (Wildman–Crippen LogP) is 1.63. The Kier molecular flexibility index (Phi) is 3.85. The normalized spacial score (nSPS) is 25.8. The Hall–Kier alpha value is -0.570. The van der Waals surface area contributed by atoms with Gasteiger partial charge in [0, 0.05) is 19.1 Å². The summed E-state index contributed by atoms with van der Waals surface area (Å²) in [5, 5.41) is 3.34. The molecular formula is C13H24N2O. The van der Waals surface area contributed by atoms with Gasteiger partial charge in [0.15, 0.2) is 0 Å². The molecule has 92 valence electrons. The maximum absolute atomic E-state index is 12.4. The Labute approximate surface area is 98.6 Å². The van der Waals surface area contributed by atoms with Crippen LogP contribution in [0.2, 0.25) is 0 Å². The third kappa shape index (κ3) is 2.97. The number of carbonyl (C=O) groups excluding carboxylic acids is 1. The van der Waals surface area contributed by atoms with E-state index in [0.717, 1.165) is 32.5 Å². The highest BCUT2D eigenvalue weighted by molar-refractivity contribution is 5.79. The molecule has 1 aliphatic heterocycles. The van der Waals surface area contributed by atoms with Crippen LogP contribution in [0.25, 0.3) is 0 Å². The van der Waals surface area contributed by atoms with Crippen LogP contribution in [0.5, 0.6) is 0 Å². The third-order valence-corrected chi connectivity index (χ3v) is 3.48. The van der Waals surface area contributed by atoms with Crippen LogP contribution in [0.4, 0.5) is 0 Å². The topological polar surface area (TPSA) is 32.3 Å². The molecule has 1 heterocycles. The van der Waals surface area contributed by atoms with Crippen LogP contribution in [0.15, 0.2) is 0 Å². The van der Waals surface area contributed by atoms with Gasteiger partial charge in [-0.15, -0.1) is 0 Å². The summed E-state index contributed by atoms with van der Waals surface area (Å²) >= 11 is 0. The minimum atomic E-state index is 0.244. The molecule has 3 heteroatoms. The molecule has 2 fully saturated rings. The lowest BCUT2D eigenvalue weighted by atomic mass is 9.97. The van der Waals surface area contributed by atoms with Gasteiger partial charge in [-0.3, -0.25) is 4.79 Å². The lowest BCUT2D eigenvalue weighted by molar-refractivity contribution is -0.137. The van der Waals surface area contributed by atoms with E-state index in [0.29, 0.717) is 17.9 Å². The van der Waals surface area contributed by atoms with E-state index in [4.69, 9.17) is 0 Å². The summed E-state index contributed by atoms with van der Waals surface area (Å²) in [7, 11) is 0. The number of carbonyl (C=O) groups is 1. The average molecular weight is 224 g/mol. The van der Waals surface area contributed by atoms with Crippen LogP contribution < -0.4 is 5.32 Å². The van der Waals surface area contributed by atoms with E-state index < -0.39 is 0 Å². The molecular weight excluding hydrogens is 200 g/mol. The van der Waals surface area contributed by atoms with E-state index in [1.807, 2.05) is 0 Å². The number of hydrogen-bond acceptors (Lipinski definition) is 2. The van der Waals surface area contributed by atoms with Crippen molar-refractivity contribution in [3.63, 3.8) is 0 Å². The van der Waals surface area contributed by atoms with E-state index in [-0.39, 0.29) is 5.92 Å². The minimum Gasteiger partial charge on any atom is -0.339 e. The lowest BCUT2D eigenvalue weighted by Crippen LogP contribution is -2.45. The zero-order valence-corrected chi connectivity index (χ0v) is 10.5. The molecule has 1 N–H and O–H groups in total. The summed E-state index contributed by atoms with van der Waals surface area (Å²) in [5.41, 5.74) is 0. The largest absolute Gasteiger partial charge is 0.339 e. The van der Waals surface area contributed by atoms with E-state index in [9.17, 15) is 4.79 Å². The second kappa shape index (κ2) is 5.17. The Morgan fingerprint density at radius 3 is 2.62 bits per heavy atom. The average Bonchev–Trinajstić information content (AvgIpc) is 3.10. The quantitative estimate of drug-likeness (QED) is 0.787. The number of hydrogen-bond donors (Lipinski definition) is 1. The second-order valence-corrected chi connectivity index (χ2v) is 5.66. The van der Waals surface area contributed by atoms with Gasteiger partial charge in [-0.05, 0) is 38.1 Å². The first-order valence-electron chi connectivity index (χ1n) is 6.69. The van der Waals surface area contributed by atoms with Gasteiger partial charge in [-0.25, -0.2) is 0 Å². The van der Waals surface area contributed by atoms with Crippen LogP contribution in [0, 0.1) is 11.8 Å². The van der Waals surface area contributed by atoms with Gasteiger partial charge in [0.05, 0.1) is 5.92 Å². The molecule has 0 aromatic heterocycles. The molecule has 1 amide bonds. The molecule has 0 spiro atoms. The third-order valence-electron chi connectivity index (χ3n) is 3.48. The molecule has 0 aromatic carbocycles. The molecule has 1 saturated heterocycles. The van der Waals surface area contributed by atoms with Crippen molar-refractivity contribution in [3.05, 3.63) is 0 Å². The number of amides is 1. The van der Waals surface area contributed by atoms with Crippen molar-refractivity contribution >= 4 is 5.91 Å². The molecule has 1 aliphatic carbocycles. The van der Waals surface area contributed by atoms with E-state index in [2.05, 4.69) is 24.1 Å². The highest BCUT2D eigenvalue weighted by atomic mass is 16.2. The van der Waals surface area contributed by atoms with Crippen molar-refractivity contribution in [2.75, 3.05) is 19.6 Å². The highest BCUT2D eigenvalue weighted by Crippen LogP contribution is 2.29. The standard InChI is InChI=1S/C13H24N2O/c1-10(2)9-15(12-5-6-12)13(16)11-4-3-7-14-8-11/h10-12,14H,3-9H2,1-2H3. The van der Waals surface area contributed by atoms with Gasteiger partial charge in [0.25, 0.3) is 0 Å². The molecule has 1 unspecified atom stereocenters. The number of nitrogens with one attached hydrogen (secondary N) is 1. The van der Waals surface area contributed by atoms with Crippen molar-refractivity contribution in [3.8, 4) is 0 Å². The van der Waals surface area contributed by atoms with Crippen LogP contribution in [0.3, 0.4) is 0 Å². The van der Waals surface area contributed by atoms with Crippen molar-refractivity contribution in [2.24, 2.45) is 11.8 Å². The van der Waals surface area contributed by atoms with Gasteiger partial charge in [-0.1, -0.05) is 13.8 Å². The zero-order chi connectivity index (χ0) is 11.5. The smallest absolute Gasteiger partial charge is 0.227 e. The van der Waals surface area contributed by atoms with E-state index >= 15 is 0 Å². The van der Waals surface area contributed by atoms with Gasteiger partial charge in [0.2, 0.25) is 5.91 Å². The summed E-state index contributed by atoms with van der Waals surface area (Å²) in [5.74, 6) is 1.23. The van der Waals surface area contributed by atoms with Gasteiger partial charge in [0.1, 0.15) is 0 Å². The first-order valence-corrected chi connectivity index (χ1v) is 6.69. The molecule has 1 atom stereocenters. The molecule has 0 radical (unpaired) electrons. The molecule has 3 nitrogen and oxygen atoms in total. The number of rotatable bonds is 4. The zero-order valence-electron chi connectivity index (χ0n) is 10.5. The van der Waals surface area contributed by atoms with Gasteiger partial charge >= 0.3 is 0 Å². The summed E-state index contributed by atoms with van der Waals surface area (Å²) < 4.78 is 0. The first-order chi connectivity index (χ1) is 7.68. The molecule has 0 bridgehead atoms. The summed E-state index contributed by atoms with van der Waals surface area (Å²) in [6.45, 7) is 7.31. The molecule has 16 heavy (non-hydrogen) atoms. The monoisotopic (exact) mass is 224 g/mol. The summed E-state index contributed by atoms with van der Waals surface area (Å²) in [4.78, 5) is 14.6. The maximum atomic E-state index is 12.4. The number of piperidine rings is 1. The van der Waals surface area contributed by atoms with Crippen molar-refractivity contribution in [2.45, 2.75) is 45.6 Å². The highest BCUT2D eigenvalue weighted by Gasteiger charge is 2.36. The molecule has 1 saturated carbocycles. The summed E-state index contributed by atoms with van der Waals surface area (Å²) in [6, 6.07) is 0.567. The lowest BCUT2D eigenvalue weighted by Gasteiger charge is -2.31. The van der Waals surface area contributed by atoms with Crippen molar-refractivity contribution < 1.29 is 4.79 Å². The fourth-order valence-electron chi connectivity index (χ4n) is 2.50. The number of nitrogens with zero attached hydrogens (tertiary/aromatic N) is 1. The first kappa shape index (κ1) is 11.9. The van der Waals surface area contributed by atoms with Crippen molar-refractivity contribution in [1.29, 1.82) is 0 Å². The van der Waals surface area contributed by atoms with Crippen molar-refractivity contribution in [1.82, 2.24) is 10.2 Å². The molecule has 0 aromatic rings. The van der Waals surface area contributed by atoms with Crippen LogP contribution in [-0.2, 0) is 4.79 Å². The maximum Gasteiger partial charge on any atom is 0.227 e. The van der Waals surface area contributed by atoms with Crippen LogP contribution in [0.1, 0.15) is 39.5 Å². The van der Waals surface area contributed by atoms with E-state index in [1.165, 1.54) is 12.8 Å². The Morgan fingerprint density at radius 2 is 2.12 bits per heavy atom. The molecule has 2 aliphatic rings. The second-order valence-electron chi connectivity index (χ2n) is 5.66. The van der Waals surface area contributed by atoms with Gasteiger partial charge in [-0.2, -0.15) is 0 Å². The Morgan fingerprint density at radius 1 is 1.38 bits per heavy atom. The predicted molar refractivity (Wildman–Crippen MR) is 65.2 cm³/mol. The summed E-state index contributed by atoms with van der Waals surface area (Å²) in [6.07, 6.45) is 4.67. The van der Waals surface area contributed by atoms with Crippen LogP contribution in [-0.4, -0.2) is 36.5 Å². The fraction of sp³-hybridized carbons (Fsp3) is 0.923. The van der Waals surface area contributed by atoms with Gasteiger partial charge < -0.3 is 10.2 Å².